The second-order valence-corrected chi connectivity index (χ2v) is 7.46. The Labute approximate surface area is 157 Å². The molecule has 0 aliphatic rings. The van der Waals surface area contributed by atoms with Crippen LogP contribution in [-0.4, -0.2) is 19.5 Å². The molecule has 0 atom stereocenters. The smallest absolute Gasteiger partial charge is 0.145 e. The number of hydrogen-bond acceptors (Lipinski definition) is 4. The summed E-state index contributed by atoms with van der Waals surface area (Å²) in [6.45, 7) is 1.98. The zero-order valence-electron chi connectivity index (χ0n) is 12.8. The Kier molecular flexibility index (Phi) is 4.15. The Balaban J connectivity index is 1.89. The number of halogens is 1. The molecule has 0 aliphatic heterocycles. The zero-order valence-corrected chi connectivity index (χ0v) is 15.8. The third kappa shape index (κ3) is 2.99. The van der Waals surface area contributed by atoms with Gasteiger partial charge in [-0.3, -0.25) is 9.55 Å². The molecule has 6 heteroatoms. The van der Waals surface area contributed by atoms with Crippen molar-refractivity contribution in [3.63, 3.8) is 0 Å². The van der Waals surface area contributed by atoms with Crippen LogP contribution in [0.15, 0.2) is 60.4 Å². The van der Waals surface area contributed by atoms with E-state index in [1.807, 2.05) is 30.8 Å². The number of imidazole rings is 1. The number of aryl methyl sites for hydroxylation is 1. The fourth-order valence-corrected chi connectivity index (χ4v) is 3.39. The summed E-state index contributed by atoms with van der Waals surface area (Å²) in [5.41, 5.74) is 3.93. The van der Waals surface area contributed by atoms with Crippen molar-refractivity contribution in [2.24, 2.45) is 0 Å². The van der Waals surface area contributed by atoms with Crippen molar-refractivity contribution >= 4 is 33.9 Å². The lowest BCUT2D eigenvalue weighted by Gasteiger charge is -2.07. The van der Waals surface area contributed by atoms with E-state index >= 15 is 0 Å². The quantitative estimate of drug-likeness (QED) is 0.419. The number of aromatic nitrogens is 4. The van der Waals surface area contributed by atoms with E-state index in [-0.39, 0.29) is 0 Å². The van der Waals surface area contributed by atoms with Gasteiger partial charge >= 0.3 is 0 Å². The predicted molar refractivity (Wildman–Crippen MR) is 105 cm³/mol. The van der Waals surface area contributed by atoms with Gasteiger partial charge < -0.3 is 0 Å². The van der Waals surface area contributed by atoms with E-state index in [9.17, 15) is 0 Å². The third-order valence-corrected chi connectivity index (χ3v) is 5.15. The normalized spacial score (nSPS) is 10.9. The maximum atomic E-state index is 4.83. The topological polar surface area (TPSA) is 43.6 Å². The van der Waals surface area contributed by atoms with Crippen molar-refractivity contribution in [2.45, 2.75) is 6.92 Å². The lowest BCUT2D eigenvalue weighted by molar-refractivity contribution is 1.04. The zero-order chi connectivity index (χ0) is 16.5. The van der Waals surface area contributed by atoms with Crippen LogP contribution in [0.2, 0.25) is 0 Å². The van der Waals surface area contributed by atoms with Gasteiger partial charge in [0, 0.05) is 32.6 Å². The molecule has 0 spiro atoms. The molecule has 3 aromatic heterocycles. The number of nitrogens with zero attached hydrogens (tertiary/aromatic N) is 4. The molecule has 1 aromatic carbocycles. The van der Waals surface area contributed by atoms with Crippen molar-refractivity contribution in [2.75, 3.05) is 0 Å². The highest BCUT2D eigenvalue weighted by atomic mass is 127. The van der Waals surface area contributed by atoms with Crippen molar-refractivity contribution in [1.29, 1.82) is 0 Å². The minimum atomic E-state index is 0.874. The largest absolute Gasteiger partial charge is 0.297 e. The van der Waals surface area contributed by atoms with Gasteiger partial charge in [0.05, 0.1) is 11.9 Å². The first-order valence-electron chi connectivity index (χ1n) is 7.39. The molecular weight excluding hydrogens is 431 g/mol. The van der Waals surface area contributed by atoms with Gasteiger partial charge in [0.25, 0.3) is 0 Å². The van der Waals surface area contributed by atoms with Crippen LogP contribution >= 0.6 is 33.9 Å². The lowest BCUT2D eigenvalue weighted by atomic mass is 10.2. The minimum absolute atomic E-state index is 0.874. The first kappa shape index (κ1) is 15.5. The van der Waals surface area contributed by atoms with E-state index in [0.29, 0.717) is 0 Å². The molecule has 0 N–H and O–H groups in total. The summed E-state index contributed by atoms with van der Waals surface area (Å²) in [5, 5.41) is 2.88. The lowest BCUT2D eigenvalue weighted by Crippen LogP contribution is -1.97. The predicted octanol–water partition coefficient (Wildman–Crippen LogP) is 4.97. The maximum absolute atomic E-state index is 4.83. The molecule has 4 nitrogen and oxygen atoms in total. The Hall–Kier alpha value is -2.06. The number of benzene rings is 1. The highest BCUT2D eigenvalue weighted by Gasteiger charge is 2.14. The monoisotopic (exact) mass is 444 g/mol. The fourth-order valence-electron chi connectivity index (χ4n) is 2.44. The molecule has 0 bridgehead atoms. The van der Waals surface area contributed by atoms with Crippen molar-refractivity contribution in [1.82, 2.24) is 19.5 Å². The summed E-state index contributed by atoms with van der Waals surface area (Å²) in [6.07, 6.45) is 5.70. The molecule has 0 saturated carbocycles. The number of hydrogen-bond donors (Lipinski definition) is 0. The van der Waals surface area contributed by atoms with Crippen LogP contribution in [-0.2, 0) is 0 Å². The van der Waals surface area contributed by atoms with Crippen LogP contribution in [0.25, 0.3) is 27.8 Å². The van der Waals surface area contributed by atoms with Gasteiger partial charge in [-0.1, -0.05) is 12.1 Å². The highest BCUT2D eigenvalue weighted by Crippen LogP contribution is 2.29. The number of rotatable bonds is 3. The van der Waals surface area contributed by atoms with Crippen LogP contribution in [0.5, 0.6) is 0 Å². The maximum Gasteiger partial charge on any atom is 0.145 e. The molecule has 4 aromatic rings. The van der Waals surface area contributed by atoms with Gasteiger partial charge in [0.1, 0.15) is 16.5 Å². The Morgan fingerprint density at radius 1 is 1.04 bits per heavy atom. The van der Waals surface area contributed by atoms with E-state index in [1.54, 1.807) is 17.5 Å². The average molecular weight is 444 g/mol. The van der Waals surface area contributed by atoms with Crippen molar-refractivity contribution in [3.8, 4) is 27.8 Å². The number of thiazole rings is 1. The van der Waals surface area contributed by atoms with Crippen LogP contribution in [0.1, 0.15) is 5.69 Å². The molecule has 0 aliphatic carbocycles. The molecule has 0 saturated heterocycles. The molecule has 0 fully saturated rings. The molecule has 3 heterocycles. The van der Waals surface area contributed by atoms with Crippen molar-refractivity contribution in [3.05, 3.63) is 69.6 Å². The average Bonchev–Trinajstić information content (AvgIpc) is 3.26. The van der Waals surface area contributed by atoms with Crippen LogP contribution < -0.4 is 0 Å². The van der Waals surface area contributed by atoms with E-state index < -0.39 is 0 Å². The van der Waals surface area contributed by atoms with Gasteiger partial charge in [0.2, 0.25) is 0 Å². The molecule has 118 valence electrons. The van der Waals surface area contributed by atoms with Crippen LogP contribution in [0.4, 0.5) is 0 Å². The Morgan fingerprint density at radius 2 is 1.88 bits per heavy atom. The molecule has 0 amide bonds. The molecule has 4 rings (SSSR count). The SMILES string of the molecule is Cc1ccc(-n2cc(-c3nccs3)nc2-c2ccc(I)cc2)cn1. The minimum Gasteiger partial charge on any atom is -0.297 e. The van der Waals surface area contributed by atoms with E-state index in [0.717, 1.165) is 33.5 Å². The van der Waals surface area contributed by atoms with Gasteiger partial charge in [-0.25, -0.2) is 9.97 Å². The second-order valence-electron chi connectivity index (χ2n) is 5.32. The van der Waals surface area contributed by atoms with Gasteiger partial charge in [-0.15, -0.1) is 11.3 Å². The van der Waals surface area contributed by atoms with E-state index in [4.69, 9.17) is 4.98 Å². The van der Waals surface area contributed by atoms with Crippen LogP contribution in [0, 0.1) is 10.5 Å². The van der Waals surface area contributed by atoms with Crippen molar-refractivity contribution < 1.29 is 0 Å². The summed E-state index contributed by atoms with van der Waals surface area (Å²) in [4.78, 5) is 13.6. The Morgan fingerprint density at radius 3 is 2.54 bits per heavy atom. The molecule has 24 heavy (non-hydrogen) atoms. The van der Waals surface area contributed by atoms with E-state index in [1.165, 1.54) is 3.57 Å². The summed E-state index contributed by atoms with van der Waals surface area (Å²) in [6, 6.07) is 12.4. The Bertz CT molecular complexity index is 894. The highest BCUT2D eigenvalue weighted by molar-refractivity contribution is 14.1. The third-order valence-electron chi connectivity index (χ3n) is 3.63. The summed E-state index contributed by atoms with van der Waals surface area (Å²) in [5.74, 6) is 0.891. The first-order valence-corrected chi connectivity index (χ1v) is 9.35. The van der Waals surface area contributed by atoms with Crippen LogP contribution in [0.3, 0.4) is 0 Å². The van der Waals surface area contributed by atoms with Gasteiger partial charge in [0.15, 0.2) is 0 Å². The first-order chi connectivity index (χ1) is 11.7. The molecular formula is C18H13IN4S. The standard InChI is InChI=1S/C18H13IN4S/c1-12-2-7-15(10-21-12)23-11-16(18-20-8-9-24-18)22-17(23)13-3-5-14(19)6-4-13/h2-11H,1H3. The fraction of sp³-hybridized carbons (Fsp3) is 0.0556. The summed E-state index contributed by atoms with van der Waals surface area (Å²) >= 11 is 3.90. The molecule has 0 radical (unpaired) electrons. The second kappa shape index (κ2) is 6.45. The van der Waals surface area contributed by atoms with Gasteiger partial charge in [-0.05, 0) is 53.8 Å². The number of pyridine rings is 1. The molecule has 0 unspecified atom stereocenters. The summed E-state index contributed by atoms with van der Waals surface area (Å²) in [7, 11) is 0. The summed E-state index contributed by atoms with van der Waals surface area (Å²) < 4.78 is 3.28. The van der Waals surface area contributed by atoms with E-state index in [2.05, 4.69) is 67.5 Å². The van der Waals surface area contributed by atoms with Gasteiger partial charge in [-0.2, -0.15) is 0 Å².